The third kappa shape index (κ3) is 3.52. The molecule has 0 N–H and O–H groups in total. The molecule has 130 valence electrons. The number of rotatable bonds is 5. The van der Waals surface area contributed by atoms with Gasteiger partial charge in [0.05, 0.1) is 5.52 Å². The zero-order valence-corrected chi connectivity index (χ0v) is 16.1. The Morgan fingerprint density at radius 2 is 1.88 bits per heavy atom. The molecular weight excluding hydrogens is 321 g/mol. The molecule has 2 aromatic rings. The predicted molar refractivity (Wildman–Crippen MR) is 100 cm³/mol. The Kier molecular flexibility index (Phi) is 5.16. The average molecular weight is 348 g/mol. The largest absolute Gasteiger partial charge is 0.399 e. The number of halogens is 1. The van der Waals surface area contributed by atoms with E-state index in [0.717, 1.165) is 5.39 Å². The van der Waals surface area contributed by atoms with Gasteiger partial charge in [0.2, 0.25) is 0 Å². The minimum Gasteiger partial charge on any atom is -0.399 e. The number of fused-ring (bicyclic) bond motifs is 1. The van der Waals surface area contributed by atoms with Crippen LogP contribution in [0.5, 0.6) is 0 Å². The molecule has 0 amide bonds. The summed E-state index contributed by atoms with van der Waals surface area (Å²) in [6.45, 7) is 14.5. The van der Waals surface area contributed by atoms with Crippen LogP contribution < -0.4 is 5.56 Å². The van der Waals surface area contributed by atoms with Gasteiger partial charge in [-0.1, -0.05) is 26.8 Å². The molecule has 1 aromatic carbocycles. The van der Waals surface area contributed by atoms with Crippen LogP contribution in [0.3, 0.4) is 0 Å². The molecule has 0 bridgehead atoms. The lowest BCUT2D eigenvalue weighted by atomic mass is 10.1. The number of hydrogen-bond acceptors (Lipinski definition) is 2. The monoisotopic (exact) mass is 347 g/mol. The van der Waals surface area contributed by atoms with Gasteiger partial charge in [-0.05, 0) is 48.1 Å². The Balaban J connectivity index is 2.57. The Morgan fingerprint density at radius 3 is 2.46 bits per heavy atom. The molecule has 0 saturated carbocycles. The zero-order chi connectivity index (χ0) is 18.1. The highest BCUT2D eigenvalue weighted by molar-refractivity contribution is 6.74. The molecule has 0 fully saturated rings. The molecule has 1 heterocycles. The predicted octanol–water partition coefficient (Wildman–Crippen LogP) is 4.85. The van der Waals surface area contributed by atoms with Gasteiger partial charge in [0.1, 0.15) is 12.5 Å². The fourth-order valence-electron chi connectivity index (χ4n) is 2.35. The molecule has 2 rings (SSSR count). The highest BCUT2D eigenvalue weighted by atomic mass is 28.4. The number of hydrogen-bond donors (Lipinski definition) is 0. The van der Waals surface area contributed by atoms with E-state index < -0.39 is 8.32 Å². The van der Waals surface area contributed by atoms with Gasteiger partial charge in [0.25, 0.3) is 5.56 Å². The first-order chi connectivity index (χ1) is 11.1. The molecule has 0 radical (unpaired) electrons. The lowest BCUT2D eigenvalue weighted by Gasteiger charge is -2.36. The summed E-state index contributed by atoms with van der Waals surface area (Å²) in [7, 11) is -2.02. The van der Waals surface area contributed by atoms with E-state index in [1.165, 1.54) is 16.7 Å². The van der Waals surface area contributed by atoms with Crippen LogP contribution in [0.25, 0.3) is 10.9 Å². The van der Waals surface area contributed by atoms with Crippen LogP contribution in [-0.4, -0.2) is 12.9 Å². The van der Waals surface area contributed by atoms with Crippen LogP contribution in [0.2, 0.25) is 18.1 Å². The molecule has 0 aliphatic carbocycles. The van der Waals surface area contributed by atoms with Gasteiger partial charge in [-0.3, -0.25) is 9.36 Å². The fraction of sp³-hybridized carbons (Fsp3) is 0.421. The SMILES string of the molecule is C=CCc1c(F)ccc2ccc(=O)n(CO[Si](C)(C)C(C)(C)C)c12. The van der Waals surface area contributed by atoms with Crippen LogP contribution in [0, 0.1) is 5.82 Å². The van der Waals surface area contributed by atoms with E-state index in [2.05, 4.69) is 40.4 Å². The first-order valence-corrected chi connectivity index (χ1v) is 11.0. The Hall–Kier alpha value is -1.72. The second-order valence-electron chi connectivity index (χ2n) is 7.59. The molecule has 0 aliphatic heterocycles. The average Bonchev–Trinajstić information content (AvgIpc) is 2.48. The van der Waals surface area contributed by atoms with Crippen LogP contribution in [0.4, 0.5) is 4.39 Å². The number of allylic oxidation sites excluding steroid dienone is 1. The normalized spacial score (nSPS) is 12.6. The van der Waals surface area contributed by atoms with Crippen molar-refractivity contribution in [2.45, 2.75) is 52.1 Å². The van der Waals surface area contributed by atoms with Crippen LogP contribution >= 0.6 is 0 Å². The minimum absolute atomic E-state index is 0.0381. The van der Waals surface area contributed by atoms with E-state index in [1.807, 2.05) is 0 Å². The van der Waals surface area contributed by atoms with Crippen molar-refractivity contribution >= 4 is 19.2 Å². The molecule has 5 heteroatoms. The van der Waals surface area contributed by atoms with Crippen molar-refractivity contribution in [3.05, 3.63) is 58.7 Å². The molecule has 0 unspecified atom stereocenters. The standard InChI is InChI=1S/C19H26FNO2Si/c1-7-8-15-16(20)11-9-14-10-12-17(22)21(18(14)15)13-23-24(5,6)19(2,3)4/h7,9-12H,1,8,13H2,2-6H3. The molecule has 24 heavy (non-hydrogen) atoms. The third-order valence-electron chi connectivity index (χ3n) is 4.91. The Bertz CT molecular complexity index is 818. The Labute approximate surface area is 143 Å². The van der Waals surface area contributed by atoms with Crippen molar-refractivity contribution in [2.75, 3.05) is 0 Å². The maximum atomic E-state index is 14.3. The van der Waals surface area contributed by atoms with Crippen LogP contribution in [-0.2, 0) is 17.6 Å². The molecule has 0 aliphatic rings. The third-order valence-corrected chi connectivity index (χ3v) is 9.37. The summed E-state index contributed by atoms with van der Waals surface area (Å²) < 4.78 is 22.0. The first kappa shape index (κ1) is 18.6. The van der Waals surface area contributed by atoms with Gasteiger partial charge < -0.3 is 4.43 Å². The maximum absolute atomic E-state index is 14.3. The molecule has 0 atom stereocenters. The summed E-state index contributed by atoms with van der Waals surface area (Å²) in [6.07, 6.45) is 2.01. The smallest absolute Gasteiger partial charge is 0.252 e. The fourth-order valence-corrected chi connectivity index (χ4v) is 3.24. The van der Waals surface area contributed by atoms with E-state index in [9.17, 15) is 9.18 Å². The van der Waals surface area contributed by atoms with Crippen molar-refractivity contribution < 1.29 is 8.82 Å². The molecular formula is C19H26FNO2Si. The van der Waals surface area contributed by atoms with Gasteiger partial charge in [-0.25, -0.2) is 4.39 Å². The zero-order valence-electron chi connectivity index (χ0n) is 15.1. The maximum Gasteiger partial charge on any atom is 0.252 e. The Morgan fingerprint density at radius 1 is 1.25 bits per heavy atom. The van der Waals surface area contributed by atoms with Gasteiger partial charge >= 0.3 is 0 Å². The van der Waals surface area contributed by atoms with E-state index >= 15 is 0 Å². The van der Waals surface area contributed by atoms with Crippen molar-refractivity contribution in [3.8, 4) is 0 Å². The number of nitrogens with zero attached hydrogens (tertiary/aromatic N) is 1. The second-order valence-corrected chi connectivity index (χ2v) is 12.4. The van der Waals surface area contributed by atoms with Crippen molar-refractivity contribution in [3.63, 3.8) is 0 Å². The number of benzene rings is 1. The lowest BCUT2D eigenvalue weighted by Crippen LogP contribution is -2.42. The van der Waals surface area contributed by atoms with E-state index in [1.54, 1.807) is 18.2 Å². The highest BCUT2D eigenvalue weighted by Gasteiger charge is 2.37. The number of pyridine rings is 1. The molecule has 3 nitrogen and oxygen atoms in total. The summed E-state index contributed by atoms with van der Waals surface area (Å²) in [6, 6.07) is 6.36. The van der Waals surface area contributed by atoms with Crippen LogP contribution in [0.15, 0.2) is 41.7 Å². The highest BCUT2D eigenvalue weighted by Crippen LogP contribution is 2.36. The lowest BCUT2D eigenvalue weighted by molar-refractivity contribution is 0.213. The summed E-state index contributed by atoms with van der Waals surface area (Å²) in [5.41, 5.74) is 0.900. The number of aromatic nitrogens is 1. The quantitative estimate of drug-likeness (QED) is 0.572. The van der Waals surface area contributed by atoms with Crippen molar-refractivity contribution in [1.82, 2.24) is 4.57 Å². The minimum atomic E-state index is -2.02. The van der Waals surface area contributed by atoms with Crippen LogP contribution in [0.1, 0.15) is 26.3 Å². The van der Waals surface area contributed by atoms with E-state index in [4.69, 9.17) is 4.43 Å². The van der Waals surface area contributed by atoms with Crippen molar-refractivity contribution in [2.24, 2.45) is 0 Å². The molecule has 1 aromatic heterocycles. The van der Waals surface area contributed by atoms with Gasteiger partial charge in [0.15, 0.2) is 8.32 Å². The van der Waals surface area contributed by atoms with E-state index in [-0.39, 0.29) is 23.1 Å². The molecule has 0 spiro atoms. The summed E-state index contributed by atoms with van der Waals surface area (Å²) in [4.78, 5) is 12.4. The van der Waals surface area contributed by atoms with Gasteiger partial charge in [0, 0.05) is 11.6 Å². The topological polar surface area (TPSA) is 31.2 Å². The second kappa shape index (κ2) is 6.65. The van der Waals surface area contributed by atoms with Crippen molar-refractivity contribution in [1.29, 1.82) is 0 Å². The summed E-state index contributed by atoms with van der Waals surface area (Å²) in [5.74, 6) is -0.325. The van der Waals surface area contributed by atoms with Gasteiger partial charge in [-0.2, -0.15) is 0 Å². The first-order valence-electron chi connectivity index (χ1n) is 8.14. The van der Waals surface area contributed by atoms with Gasteiger partial charge in [-0.15, -0.1) is 6.58 Å². The van der Waals surface area contributed by atoms with E-state index in [0.29, 0.717) is 17.5 Å². The summed E-state index contributed by atoms with van der Waals surface area (Å²) in [5, 5.41) is 0.864. The molecule has 0 saturated heterocycles. The summed E-state index contributed by atoms with van der Waals surface area (Å²) >= 11 is 0.